The summed E-state index contributed by atoms with van der Waals surface area (Å²) in [4.78, 5) is 6.93. The maximum atomic E-state index is 5.34. The summed E-state index contributed by atoms with van der Waals surface area (Å²) in [5.41, 5.74) is 0.803. The summed E-state index contributed by atoms with van der Waals surface area (Å²) >= 11 is 0. The highest BCUT2D eigenvalue weighted by Gasteiger charge is 2.26. The fraction of sp³-hybridized carbons (Fsp3) is 0.643. The van der Waals surface area contributed by atoms with Gasteiger partial charge in [0, 0.05) is 32.2 Å². The Labute approximate surface area is 123 Å². The number of hydrogen-bond donors (Lipinski definition) is 1. The van der Waals surface area contributed by atoms with Gasteiger partial charge in [-0.05, 0) is 13.3 Å². The highest BCUT2D eigenvalue weighted by molar-refractivity contribution is 5.43. The van der Waals surface area contributed by atoms with Crippen molar-refractivity contribution in [1.82, 2.24) is 25.5 Å². The van der Waals surface area contributed by atoms with Gasteiger partial charge in [0.1, 0.15) is 0 Å². The summed E-state index contributed by atoms with van der Waals surface area (Å²) in [5.74, 6) is 1.67. The van der Waals surface area contributed by atoms with Gasteiger partial charge in [0.2, 0.25) is 5.76 Å². The van der Waals surface area contributed by atoms with E-state index in [1.165, 1.54) is 0 Å². The Morgan fingerprint density at radius 2 is 2.10 bits per heavy atom. The molecule has 2 aromatic rings. The van der Waals surface area contributed by atoms with Gasteiger partial charge in [-0.2, -0.15) is 4.98 Å². The zero-order chi connectivity index (χ0) is 14.7. The summed E-state index contributed by atoms with van der Waals surface area (Å²) < 4.78 is 10.5. The second kappa shape index (κ2) is 6.36. The second-order valence-electron chi connectivity index (χ2n) is 5.38. The molecule has 1 unspecified atom stereocenters. The van der Waals surface area contributed by atoms with Crippen LogP contribution >= 0.6 is 0 Å². The minimum atomic E-state index is 0.207. The molecule has 1 saturated heterocycles. The van der Waals surface area contributed by atoms with E-state index < -0.39 is 0 Å². The zero-order valence-electron chi connectivity index (χ0n) is 12.5. The van der Waals surface area contributed by atoms with Crippen LogP contribution < -0.4 is 5.32 Å². The fourth-order valence-corrected chi connectivity index (χ4v) is 2.68. The molecule has 0 bridgehead atoms. The van der Waals surface area contributed by atoms with Crippen molar-refractivity contribution in [2.75, 3.05) is 26.2 Å². The average molecular weight is 291 g/mol. The standard InChI is InChI=1S/C14H21N5O2/c1-3-4-11(19-7-5-15-6-8-19)13-16-14(21-18-13)12-9-10(2)17-20-12/h9,11,15H,3-8H2,1-2H3. The van der Waals surface area contributed by atoms with E-state index >= 15 is 0 Å². The molecule has 3 heterocycles. The molecule has 0 aliphatic carbocycles. The molecule has 3 rings (SSSR count). The summed E-state index contributed by atoms with van der Waals surface area (Å²) in [5, 5.41) is 11.4. The third-order valence-corrected chi connectivity index (χ3v) is 3.73. The number of nitrogens with zero attached hydrogens (tertiary/aromatic N) is 4. The molecule has 0 aromatic carbocycles. The Bertz CT molecular complexity index is 573. The minimum Gasteiger partial charge on any atom is -0.351 e. The molecule has 2 aromatic heterocycles. The number of hydrogen-bond acceptors (Lipinski definition) is 7. The molecule has 1 fully saturated rings. The van der Waals surface area contributed by atoms with Gasteiger partial charge < -0.3 is 14.4 Å². The topological polar surface area (TPSA) is 80.2 Å². The van der Waals surface area contributed by atoms with Crippen molar-refractivity contribution in [3.8, 4) is 11.7 Å². The predicted molar refractivity (Wildman–Crippen MR) is 76.6 cm³/mol. The molecule has 0 spiro atoms. The molecule has 0 radical (unpaired) electrons. The maximum Gasteiger partial charge on any atom is 0.296 e. The molecule has 0 saturated carbocycles. The molecule has 7 heteroatoms. The van der Waals surface area contributed by atoms with E-state index in [0.29, 0.717) is 11.7 Å². The van der Waals surface area contributed by atoms with Gasteiger partial charge in [0.25, 0.3) is 5.89 Å². The fourth-order valence-electron chi connectivity index (χ4n) is 2.68. The normalized spacial score (nSPS) is 18.0. The van der Waals surface area contributed by atoms with Crippen LogP contribution in [0.3, 0.4) is 0 Å². The van der Waals surface area contributed by atoms with Crippen LogP contribution in [0.15, 0.2) is 15.1 Å². The average Bonchev–Trinajstić information content (AvgIpc) is 3.14. The van der Waals surface area contributed by atoms with Crippen molar-refractivity contribution >= 4 is 0 Å². The van der Waals surface area contributed by atoms with Crippen LogP contribution in [-0.4, -0.2) is 46.4 Å². The lowest BCUT2D eigenvalue weighted by molar-refractivity contribution is 0.155. The lowest BCUT2D eigenvalue weighted by atomic mass is 10.1. The molecular weight excluding hydrogens is 270 g/mol. The first-order valence-corrected chi connectivity index (χ1v) is 7.50. The van der Waals surface area contributed by atoms with E-state index in [1.807, 2.05) is 6.92 Å². The van der Waals surface area contributed by atoms with Crippen LogP contribution in [0.25, 0.3) is 11.7 Å². The molecule has 1 aliphatic heterocycles. The number of piperazine rings is 1. The summed E-state index contributed by atoms with van der Waals surface area (Å²) in [7, 11) is 0. The zero-order valence-corrected chi connectivity index (χ0v) is 12.5. The van der Waals surface area contributed by atoms with Crippen molar-refractivity contribution in [3.63, 3.8) is 0 Å². The van der Waals surface area contributed by atoms with Crippen LogP contribution in [0.2, 0.25) is 0 Å². The van der Waals surface area contributed by atoms with Gasteiger partial charge in [0.05, 0.1) is 11.7 Å². The Morgan fingerprint density at radius 1 is 1.29 bits per heavy atom. The van der Waals surface area contributed by atoms with Crippen LogP contribution in [0.1, 0.15) is 37.3 Å². The van der Waals surface area contributed by atoms with Gasteiger partial charge in [-0.15, -0.1) is 0 Å². The van der Waals surface area contributed by atoms with Crippen LogP contribution in [-0.2, 0) is 0 Å². The van der Waals surface area contributed by atoms with E-state index in [4.69, 9.17) is 9.05 Å². The first-order chi connectivity index (χ1) is 10.3. The summed E-state index contributed by atoms with van der Waals surface area (Å²) in [6.45, 7) is 8.07. The smallest absolute Gasteiger partial charge is 0.296 e. The Hall–Kier alpha value is -1.73. The predicted octanol–water partition coefficient (Wildman–Crippen LogP) is 1.78. The van der Waals surface area contributed by atoms with Gasteiger partial charge in [-0.1, -0.05) is 23.7 Å². The molecule has 1 N–H and O–H groups in total. The van der Waals surface area contributed by atoms with E-state index in [-0.39, 0.29) is 6.04 Å². The lowest BCUT2D eigenvalue weighted by Gasteiger charge is -2.32. The van der Waals surface area contributed by atoms with Crippen molar-refractivity contribution in [3.05, 3.63) is 17.6 Å². The van der Waals surface area contributed by atoms with E-state index in [9.17, 15) is 0 Å². The molecule has 7 nitrogen and oxygen atoms in total. The Morgan fingerprint density at radius 3 is 2.76 bits per heavy atom. The van der Waals surface area contributed by atoms with Crippen molar-refractivity contribution in [1.29, 1.82) is 0 Å². The van der Waals surface area contributed by atoms with Gasteiger partial charge in [-0.25, -0.2) is 0 Å². The quantitative estimate of drug-likeness (QED) is 0.899. The molecule has 1 aliphatic rings. The van der Waals surface area contributed by atoms with Crippen molar-refractivity contribution in [2.24, 2.45) is 0 Å². The number of aryl methyl sites for hydroxylation is 1. The molecular formula is C14H21N5O2. The Balaban J connectivity index is 1.81. The largest absolute Gasteiger partial charge is 0.351 e. The van der Waals surface area contributed by atoms with E-state index in [2.05, 4.69) is 32.4 Å². The first kappa shape index (κ1) is 14.2. The van der Waals surface area contributed by atoms with Crippen molar-refractivity contribution < 1.29 is 9.05 Å². The molecule has 114 valence electrons. The molecule has 21 heavy (non-hydrogen) atoms. The molecule has 1 atom stereocenters. The SMILES string of the molecule is CCCC(c1noc(-c2cc(C)no2)n1)N1CCNCC1. The first-order valence-electron chi connectivity index (χ1n) is 7.50. The summed E-state index contributed by atoms with van der Waals surface area (Å²) in [6, 6.07) is 2.01. The van der Waals surface area contributed by atoms with Gasteiger partial charge in [-0.3, -0.25) is 4.90 Å². The van der Waals surface area contributed by atoms with Crippen molar-refractivity contribution in [2.45, 2.75) is 32.7 Å². The maximum absolute atomic E-state index is 5.34. The Kier molecular flexibility index (Phi) is 4.31. The monoisotopic (exact) mass is 291 g/mol. The lowest BCUT2D eigenvalue weighted by Crippen LogP contribution is -2.45. The second-order valence-corrected chi connectivity index (χ2v) is 5.38. The minimum absolute atomic E-state index is 0.207. The third-order valence-electron chi connectivity index (χ3n) is 3.73. The van der Waals surface area contributed by atoms with E-state index in [0.717, 1.165) is 50.5 Å². The van der Waals surface area contributed by atoms with E-state index in [1.54, 1.807) is 6.07 Å². The number of aromatic nitrogens is 3. The van der Waals surface area contributed by atoms with Crippen LogP contribution in [0.5, 0.6) is 0 Å². The number of rotatable bonds is 5. The van der Waals surface area contributed by atoms with Crippen LogP contribution in [0.4, 0.5) is 0 Å². The van der Waals surface area contributed by atoms with Gasteiger partial charge in [0.15, 0.2) is 5.82 Å². The highest BCUT2D eigenvalue weighted by atomic mass is 16.5. The summed E-state index contributed by atoms with van der Waals surface area (Å²) in [6.07, 6.45) is 2.11. The van der Waals surface area contributed by atoms with Crippen LogP contribution in [0, 0.1) is 6.92 Å². The third kappa shape index (κ3) is 3.14. The number of nitrogens with one attached hydrogen (secondary N) is 1. The molecule has 0 amide bonds. The van der Waals surface area contributed by atoms with Gasteiger partial charge >= 0.3 is 0 Å². The highest BCUT2D eigenvalue weighted by Crippen LogP contribution is 2.26.